The van der Waals surface area contributed by atoms with E-state index >= 15 is 0 Å². The molecule has 0 bridgehead atoms. The Bertz CT molecular complexity index is 1040. The van der Waals surface area contributed by atoms with Crippen molar-refractivity contribution in [1.29, 1.82) is 0 Å². The smallest absolute Gasteiger partial charge is 0.273 e. The van der Waals surface area contributed by atoms with Crippen LogP contribution in [0, 0.1) is 5.92 Å². The first-order valence-electron chi connectivity index (χ1n) is 9.13. The van der Waals surface area contributed by atoms with E-state index in [9.17, 15) is 9.59 Å². The van der Waals surface area contributed by atoms with Gasteiger partial charge in [0.1, 0.15) is 11.7 Å². The van der Waals surface area contributed by atoms with Gasteiger partial charge in [-0.25, -0.2) is 14.3 Å². The van der Waals surface area contributed by atoms with Crippen LogP contribution in [0.3, 0.4) is 0 Å². The zero-order valence-corrected chi connectivity index (χ0v) is 15.5. The molecule has 2 heterocycles. The quantitative estimate of drug-likeness (QED) is 0.747. The molecule has 140 valence electrons. The molecule has 1 amide bonds. The Morgan fingerprint density at radius 3 is 2.85 bits per heavy atom. The maximum absolute atomic E-state index is 12.7. The Kier molecular flexibility index (Phi) is 4.94. The second kappa shape index (κ2) is 7.52. The summed E-state index contributed by atoms with van der Waals surface area (Å²) in [6.45, 7) is 0. The van der Waals surface area contributed by atoms with Gasteiger partial charge in [-0.1, -0.05) is 36.9 Å². The van der Waals surface area contributed by atoms with Crippen molar-refractivity contribution in [3.8, 4) is 5.69 Å². The predicted molar refractivity (Wildman–Crippen MR) is 104 cm³/mol. The lowest BCUT2D eigenvalue weighted by Gasteiger charge is -2.20. The molecule has 1 fully saturated rings. The van der Waals surface area contributed by atoms with Gasteiger partial charge < -0.3 is 0 Å². The summed E-state index contributed by atoms with van der Waals surface area (Å²) in [7, 11) is 0. The van der Waals surface area contributed by atoms with E-state index in [1.807, 2.05) is 6.07 Å². The lowest BCUT2D eigenvalue weighted by atomic mass is 9.87. The number of nitrogens with zero attached hydrogens (tertiary/aromatic N) is 4. The number of rotatable bonds is 4. The second-order valence-electron chi connectivity index (χ2n) is 6.94. The Morgan fingerprint density at radius 2 is 2.07 bits per heavy atom. The molecule has 1 aliphatic rings. The third kappa shape index (κ3) is 3.73. The monoisotopic (exact) mass is 385 g/mol. The first-order valence-corrected chi connectivity index (χ1v) is 9.51. The van der Waals surface area contributed by atoms with Gasteiger partial charge in [0.15, 0.2) is 5.65 Å². The van der Waals surface area contributed by atoms with Crippen molar-refractivity contribution in [1.82, 2.24) is 19.4 Å². The average Bonchev–Trinajstić information content (AvgIpc) is 3.10. The molecule has 0 radical (unpaired) electrons. The van der Waals surface area contributed by atoms with Gasteiger partial charge in [-0.2, -0.15) is 5.10 Å². The van der Waals surface area contributed by atoms with E-state index in [0.717, 1.165) is 17.5 Å². The normalized spacial score (nSPS) is 15.1. The predicted octanol–water partition coefficient (Wildman–Crippen LogP) is 3.28. The lowest BCUT2D eigenvalue weighted by molar-refractivity contribution is -0.118. The molecular formula is C19H20ClN5O2. The van der Waals surface area contributed by atoms with E-state index in [2.05, 4.69) is 15.5 Å². The number of nitrogens with one attached hydrogen (secondary N) is 1. The van der Waals surface area contributed by atoms with Crippen LogP contribution in [0.15, 0.2) is 41.6 Å². The number of amides is 1. The van der Waals surface area contributed by atoms with Gasteiger partial charge in [-0.15, -0.1) is 0 Å². The highest BCUT2D eigenvalue weighted by Gasteiger charge is 2.18. The van der Waals surface area contributed by atoms with Crippen molar-refractivity contribution in [3.63, 3.8) is 0 Å². The first-order chi connectivity index (χ1) is 13.1. The van der Waals surface area contributed by atoms with Crippen molar-refractivity contribution in [2.75, 3.05) is 5.43 Å². The average molecular weight is 386 g/mol. The van der Waals surface area contributed by atoms with Crippen molar-refractivity contribution in [2.45, 2.75) is 38.5 Å². The fourth-order valence-electron chi connectivity index (χ4n) is 3.62. The minimum Gasteiger partial charge on any atom is -0.273 e. The molecule has 1 aromatic carbocycles. The minimum atomic E-state index is -0.356. The van der Waals surface area contributed by atoms with Gasteiger partial charge in [0.05, 0.1) is 11.9 Å². The molecule has 0 saturated heterocycles. The van der Waals surface area contributed by atoms with E-state index in [1.165, 1.54) is 31.8 Å². The van der Waals surface area contributed by atoms with Crippen LogP contribution in [0.5, 0.6) is 0 Å². The molecule has 0 unspecified atom stereocenters. The maximum Gasteiger partial charge on any atom is 0.283 e. The zero-order valence-electron chi connectivity index (χ0n) is 14.8. The highest BCUT2D eigenvalue weighted by Crippen LogP contribution is 2.26. The van der Waals surface area contributed by atoms with Gasteiger partial charge in [0.2, 0.25) is 5.91 Å². The molecule has 27 heavy (non-hydrogen) atoms. The highest BCUT2D eigenvalue weighted by atomic mass is 35.5. The molecule has 3 aromatic rings. The summed E-state index contributed by atoms with van der Waals surface area (Å²) in [6, 6.07) is 7.14. The standard InChI is InChI=1S/C19H20ClN5O2/c20-14-7-4-8-15(10-14)25-18-16(11-22-25)19(27)24(12-21-18)23-17(26)9-13-5-2-1-3-6-13/h4,7-8,10-13H,1-3,5-6,9H2,(H,23,26). The van der Waals surface area contributed by atoms with Crippen molar-refractivity contribution < 1.29 is 4.79 Å². The summed E-state index contributed by atoms with van der Waals surface area (Å²) in [5, 5.41) is 5.15. The SMILES string of the molecule is O=C(CC1CCCCC1)Nn1cnc2c(cnn2-c2cccc(Cl)c2)c1=O. The fourth-order valence-corrected chi connectivity index (χ4v) is 3.81. The molecule has 7 nitrogen and oxygen atoms in total. The van der Waals surface area contributed by atoms with Crippen LogP contribution in [-0.2, 0) is 4.79 Å². The summed E-state index contributed by atoms with van der Waals surface area (Å²) in [6.07, 6.45) is 8.96. The number of hydrogen-bond acceptors (Lipinski definition) is 4. The van der Waals surface area contributed by atoms with Gasteiger partial charge >= 0.3 is 0 Å². The topological polar surface area (TPSA) is 81.8 Å². The van der Waals surface area contributed by atoms with Crippen molar-refractivity contribution in [2.24, 2.45) is 5.92 Å². The number of carbonyl (C=O) groups excluding carboxylic acids is 1. The highest BCUT2D eigenvalue weighted by molar-refractivity contribution is 6.30. The Hall–Kier alpha value is -2.67. The number of halogens is 1. The van der Waals surface area contributed by atoms with Crippen LogP contribution in [0.25, 0.3) is 16.7 Å². The van der Waals surface area contributed by atoms with E-state index in [0.29, 0.717) is 34.1 Å². The first kappa shape index (κ1) is 17.7. The molecule has 1 N–H and O–H groups in total. The van der Waals surface area contributed by atoms with Gasteiger partial charge in [0, 0.05) is 11.4 Å². The maximum atomic E-state index is 12.7. The number of hydrogen-bond donors (Lipinski definition) is 1. The summed E-state index contributed by atoms with van der Waals surface area (Å²) in [4.78, 5) is 29.3. The summed E-state index contributed by atoms with van der Waals surface area (Å²) in [5.41, 5.74) is 3.42. The van der Waals surface area contributed by atoms with Crippen LogP contribution >= 0.6 is 11.6 Å². The van der Waals surface area contributed by atoms with E-state index in [-0.39, 0.29) is 11.5 Å². The molecular weight excluding hydrogens is 366 g/mol. The Balaban J connectivity index is 1.58. The molecule has 0 atom stereocenters. The largest absolute Gasteiger partial charge is 0.283 e. The van der Waals surface area contributed by atoms with Gasteiger partial charge in [0.25, 0.3) is 5.56 Å². The summed E-state index contributed by atoms with van der Waals surface area (Å²) in [5.74, 6) is 0.240. The van der Waals surface area contributed by atoms with E-state index in [4.69, 9.17) is 11.6 Å². The number of benzene rings is 1. The second-order valence-corrected chi connectivity index (χ2v) is 7.37. The molecule has 0 aliphatic heterocycles. The minimum absolute atomic E-state index is 0.160. The molecule has 4 rings (SSSR count). The molecule has 1 saturated carbocycles. The fraction of sp³-hybridized carbons (Fsp3) is 0.368. The van der Waals surface area contributed by atoms with Crippen LogP contribution in [-0.4, -0.2) is 25.3 Å². The van der Waals surface area contributed by atoms with Crippen molar-refractivity contribution >= 4 is 28.5 Å². The molecule has 0 spiro atoms. The van der Waals surface area contributed by atoms with Crippen LogP contribution in [0.2, 0.25) is 5.02 Å². The molecule has 2 aromatic heterocycles. The number of fused-ring (bicyclic) bond motifs is 1. The van der Waals surface area contributed by atoms with Gasteiger partial charge in [-0.05, 0) is 37.0 Å². The summed E-state index contributed by atoms with van der Waals surface area (Å²) < 4.78 is 2.69. The molecule has 8 heteroatoms. The van der Waals surface area contributed by atoms with E-state index in [1.54, 1.807) is 22.9 Å². The third-order valence-electron chi connectivity index (χ3n) is 4.99. The summed E-state index contributed by atoms with van der Waals surface area (Å²) >= 11 is 6.03. The van der Waals surface area contributed by atoms with Crippen LogP contribution in [0.4, 0.5) is 0 Å². The van der Waals surface area contributed by atoms with Crippen LogP contribution < -0.4 is 11.0 Å². The van der Waals surface area contributed by atoms with Crippen molar-refractivity contribution in [3.05, 3.63) is 52.2 Å². The van der Waals surface area contributed by atoms with Gasteiger partial charge in [-0.3, -0.25) is 15.0 Å². The Labute approximate surface area is 160 Å². The zero-order chi connectivity index (χ0) is 18.8. The molecule has 1 aliphatic carbocycles. The lowest BCUT2D eigenvalue weighted by Crippen LogP contribution is -2.34. The number of aromatic nitrogens is 4. The van der Waals surface area contributed by atoms with E-state index < -0.39 is 0 Å². The number of carbonyl (C=O) groups is 1. The van der Waals surface area contributed by atoms with Crippen LogP contribution in [0.1, 0.15) is 38.5 Å². The Morgan fingerprint density at radius 1 is 1.26 bits per heavy atom. The third-order valence-corrected chi connectivity index (χ3v) is 5.22.